The lowest BCUT2D eigenvalue weighted by molar-refractivity contribution is -0.327. The minimum Gasteiger partial charge on any atom is -0.466 e. The highest BCUT2D eigenvalue weighted by Crippen LogP contribution is 2.47. The van der Waals surface area contributed by atoms with Gasteiger partial charge in [-0.3, -0.25) is 9.59 Å². The van der Waals surface area contributed by atoms with Crippen LogP contribution in [0.4, 0.5) is 0 Å². The maximum atomic E-state index is 13.3. The Hall–Kier alpha value is -2.39. The molecule has 0 radical (unpaired) electrons. The molecule has 3 heterocycles. The van der Waals surface area contributed by atoms with Crippen molar-refractivity contribution in [1.29, 1.82) is 0 Å². The second kappa shape index (κ2) is 20.5. The quantitative estimate of drug-likeness (QED) is 0.0921. The molecule has 0 aromatic heterocycles. The molecule has 2 saturated heterocycles. The lowest BCUT2D eigenvalue weighted by Gasteiger charge is -2.51. The normalized spacial score (nSPS) is 34.0. The predicted molar refractivity (Wildman–Crippen MR) is 195 cm³/mol. The zero-order chi connectivity index (χ0) is 39.4. The van der Waals surface area contributed by atoms with Gasteiger partial charge in [0.25, 0.3) is 0 Å². The Morgan fingerprint density at radius 1 is 1.04 bits per heavy atom. The third-order valence-electron chi connectivity index (χ3n) is 10.3. The average molecular weight is 755 g/mol. The van der Waals surface area contributed by atoms with Crippen molar-refractivity contribution >= 4 is 17.9 Å². The summed E-state index contributed by atoms with van der Waals surface area (Å²) in [7, 11) is 1.22. The van der Waals surface area contributed by atoms with Gasteiger partial charge in [0.05, 0.1) is 50.7 Å². The van der Waals surface area contributed by atoms with E-state index < -0.39 is 65.9 Å². The van der Waals surface area contributed by atoms with Gasteiger partial charge in [0.15, 0.2) is 12.4 Å². The largest absolute Gasteiger partial charge is 0.466 e. The van der Waals surface area contributed by atoms with Crippen molar-refractivity contribution in [3.05, 3.63) is 23.8 Å². The first kappa shape index (κ1) is 45.0. The highest BCUT2D eigenvalue weighted by molar-refractivity contribution is 5.83. The molecule has 1 unspecified atom stereocenters. The van der Waals surface area contributed by atoms with Crippen LogP contribution in [0.25, 0.3) is 0 Å². The number of esters is 3. The molecular formula is C40H66O13. The van der Waals surface area contributed by atoms with E-state index in [0.717, 1.165) is 25.7 Å². The minimum atomic E-state index is -2.27. The van der Waals surface area contributed by atoms with E-state index in [1.165, 1.54) is 20.1 Å². The van der Waals surface area contributed by atoms with Gasteiger partial charge in [0.2, 0.25) is 5.79 Å². The molecule has 304 valence electrons. The van der Waals surface area contributed by atoms with Crippen molar-refractivity contribution in [3.63, 3.8) is 0 Å². The van der Waals surface area contributed by atoms with Crippen molar-refractivity contribution in [2.24, 2.45) is 10.8 Å². The van der Waals surface area contributed by atoms with Crippen LogP contribution in [0.15, 0.2) is 23.8 Å². The van der Waals surface area contributed by atoms with Crippen LogP contribution >= 0.6 is 0 Å². The van der Waals surface area contributed by atoms with Gasteiger partial charge in [-0.1, -0.05) is 73.3 Å². The fourth-order valence-electron chi connectivity index (χ4n) is 6.86. The summed E-state index contributed by atoms with van der Waals surface area (Å²) in [6, 6.07) is 0. The molecule has 9 atom stereocenters. The minimum absolute atomic E-state index is 0.0160. The third kappa shape index (κ3) is 13.7. The number of fused-ring (bicyclic) bond motifs is 4. The summed E-state index contributed by atoms with van der Waals surface area (Å²) in [6.07, 6.45) is 3.30. The van der Waals surface area contributed by atoms with Gasteiger partial charge in [0, 0.05) is 37.4 Å². The van der Waals surface area contributed by atoms with Gasteiger partial charge in [-0.05, 0) is 49.7 Å². The van der Waals surface area contributed by atoms with Crippen LogP contribution < -0.4 is 0 Å². The van der Waals surface area contributed by atoms with E-state index in [9.17, 15) is 29.7 Å². The molecular weight excluding hydrogens is 688 g/mol. The number of hydrogen-bond donors (Lipinski definition) is 3. The van der Waals surface area contributed by atoms with Crippen LogP contribution in [0.3, 0.4) is 0 Å². The third-order valence-corrected chi connectivity index (χ3v) is 10.3. The number of aliphatic hydroxyl groups excluding tert-OH is 2. The fraction of sp³-hybridized carbons (Fsp3) is 0.825. The van der Waals surface area contributed by atoms with Crippen LogP contribution in [0, 0.1) is 10.8 Å². The molecule has 0 amide bonds. The Bertz CT molecular complexity index is 1240. The van der Waals surface area contributed by atoms with Crippen LogP contribution in [-0.4, -0.2) is 108 Å². The van der Waals surface area contributed by atoms with E-state index in [4.69, 9.17) is 33.2 Å². The predicted octanol–water partition coefficient (Wildman–Crippen LogP) is 5.21. The Labute approximate surface area is 315 Å². The lowest BCUT2D eigenvalue weighted by atomic mass is 9.74. The molecule has 3 aliphatic rings. The molecule has 4 bridgehead atoms. The van der Waals surface area contributed by atoms with E-state index >= 15 is 0 Å². The summed E-state index contributed by atoms with van der Waals surface area (Å²) in [5, 5.41) is 34.1. The zero-order valence-electron chi connectivity index (χ0n) is 33.2. The molecule has 0 aromatic carbocycles. The second-order valence-electron chi connectivity index (χ2n) is 16.4. The standard InChI is InChI=1S/C40H66O13/c1-9-10-11-12-13-14-33(43)52-37-27(22-34(44)47-8)21-30-24-31(26(2)41)51-35(45)23-28(42)16-19-48-32(38(3,4)5)25-29-17-20-49-36(50-29)15-18-39(6,7)40(37,46)53-30/h15,18,22,26,28-32,36-37,41-42,46H,9-14,16-17,19-21,23-25H2,1-8H3/b18-15+,27-22+/t26-,28-,29+,30+,31?,32+,36+,37+,40-/m1/s1. The summed E-state index contributed by atoms with van der Waals surface area (Å²) in [6.45, 7) is 13.8. The van der Waals surface area contributed by atoms with Crippen molar-refractivity contribution in [2.45, 2.75) is 180 Å². The zero-order valence-corrected chi connectivity index (χ0v) is 33.2. The van der Waals surface area contributed by atoms with Gasteiger partial charge in [0.1, 0.15) is 6.10 Å². The maximum absolute atomic E-state index is 13.3. The number of methoxy groups -OCH3 is 1. The molecule has 13 heteroatoms. The molecule has 3 aliphatic heterocycles. The molecule has 3 N–H and O–H groups in total. The van der Waals surface area contributed by atoms with Gasteiger partial charge in [-0.15, -0.1) is 0 Å². The highest BCUT2D eigenvalue weighted by Gasteiger charge is 2.57. The molecule has 0 saturated carbocycles. The summed E-state index contributed by atoms with van der Waals surface area (Å²) in [4.78, 5) is 39.1. The number of carbonyl (C=O) groups is 3. The van der Waals surface area contributed by atoms with Crippen LogP contribution in [-0.2, 0) is 47.5 Å². The summed E-state index contributed by atoms with van der Waals surface area (Å²) in [5.41, 5.74) is -1.33. The van der Waals surface area contributed by atoms with E-state index in [0.29, 0.717) is 25.9 Å². The number of unbranched alkanes of at least 4 members (excludes halogenated alkanes) is 4. The maximum Gasteiger partial charge on any atom is 0.330 e. The Balaban J connectivity index is 2.06. The number of carbonyl (C=O) groups excluding carboxylic acids is 3. The topological polar surface area (TPSA) is 177 Å². The van der Waals surface area contributed by atoms with Crippen molar-refractivity contribution in [3.8, 4) is 0 Å². The van der Waals surface area contributed by atoms with Crippen molar-refractivity contribution in [2.75, 3.05) is 20.3 Å². The molecule has 13 nitrogen and oxygen atoms in total. The smallest absolute Gasteiger partial charge is 0.330 e. The van der Waals surface area contributed by atoms with E-state index in [1.54, 1.807) is 26.0 Å². The number of cyclic esters (lactones) is 1. The summed E-state index contributed by atoms with van der Waals surface area (Å²) >= 11 is 0. The van der Waals surface area contributed by atoms with E-state index in [-0.39, 0.29) is 61.9 Å². The molecule has 0 aromatic rings. The van der Waals surface area contributed by atoms with Crippen LogP contribution in [0.2, 0.25) is 0 Å². The molecule has 0 aliphatic carbocycles. The highest BCUT2D eigenvalue weighted by atomic mass is 16.7. The molecule has 53 heavy (non-hydrogen) atoms. The van der Waals surface area contributed by atoms with Gasteiger partial charge in [-0.25, -0.2) is 4.79 Å². The summed E-state index contributed by atoms with van der Waals surface area (Å²) < 4.78 is 41.6. The van der Waals surface area contributed by atoms with Gasteiger partial charge in [-0.2, -0.15) is 0 Å². The first-order valence-electron chi connectivity index (χ1n) is 19.4. The summed E-state index contributed by atoms with van der Waals surface area (Å²) in [5.74, 6) is -4.28. The first-order chi connectivity index (χ1) is 24.9. The molecule has 0 spiro atoms. The van der Waals surface area contributed by atoms with Gasteiger partial charge < -0.3 is 48.5 Å². The first-order valence-corrected chi connectivity index (χ1v) is 19.4. The van der Waals surface area contributed by atoms with E-state index in [1.807, 2.05) is 0 Å². The van der Waals surface area contributed by atoms with E-state index in [2.05, 4.69) is 27.7 Å². The Morgan fingerprint density at radius 3 is 2.40 bits per heavy atom. The van der Waals surface area contributed by atoms with Crippen molar-refractivity contribution < 1.29 is 62.9 Å². The lowest BCUT2D eigenvalue weighted by Crippen LogP contribution is -2.62. The number of hydrogen-bond acceptors (Lipinski definition) is 13. The average Bonchev–Trinajstić information content (AvgIpc) is 3.07. The Morgan fingerprint density at radius 2 is 1.74 bits per heavy atom. The van der Waals surface area contributed by atoms with Crippen LogP contribution in [0.5, 0.6) is 0 Å². The molecule has 3 rings (SSSR count). The fourth-order valence-corrected chi connectivity index (χ4v) is 6.86. The molecule has 2 fully saturated rings. The second-order valence-corrected chi connectivity index (χ2v) is 16.4. The monoisotopic (exact) mass is 754 g/mol. The SMILES string of the molecule is CCCCCCCC(=O)O[C@H]1/C(=C/C(=O)OC)C[C@H]2CC([C@@H](C)O)OC(=O)C[C@H](O)CCO[C@H](C(C)(C)C)C[C@@H]3CCO[C@H](/C=C/C(C)(C)[C@]1(O)O2)O3. The van der Waals surface area contributed by atoms with Crippen LogP contribution in [0.1, 0.15) is 126 Å². The Kier molecular flexibility index (Phi) is 17.4. The number of aliphatic hydroxyl groups is 3. The van der Waals surface area contributed by atoms with Crippen molar-refractivity contribution in [1.82, 2.24) is 0 Å². The van der Waals surface area contributed by atoms with Gasteiger partial charge >= 0.3 is 17.9 Å². The number of rotatable bonds is 9. The number of ether oxygens (including phenoxy) is 7.